The lowest BCUT2D eigenvalue weighted by atomic mass is 10.2. The number of thiophene rings is 1. The van der Waals surface area contributed by atoms with Gasteiger partial charge in [-0.1, -0.05) is 12.1 Å². The Labute approximate surface area is 185 Å². The molecular weight excluding hydrogens is 412 g/mol. The number of rotatable bonds is 5. The first-order chi connectivity index (χ1) is 15.3. The highest BCUT2D eigenvalue weighted by Gasteiger charge is 2.25. The number of aromatic nitrogens is 2. The van der Waals surface area contributed by atoms with Gasteiger partial charge in [-0.3, -0.25) is 4.90 Å². The van der Waals surface area contributed by atoms with Crippen LogP contribution in [0.15, 0.2) is 24.3 Å². The summed E-state index contributed by atoms with van der Waals surface area (Å²) >= 11 is 1.84. The number of nitrogens with one attached hydrogen (secondary N) is 1. The molecule has 4 heterocycles. The average molecular weight is 439 g/mol. The largest absolute Gasteiger partial charge is 0.486 e. The molecule has 1 aromatic carbocycles. The van der Waals surface area contributed by atoms with Gasteiger partial charge in [0.05, 0.1) is 31.7 Å². The van der Waals surface area contributed by atoms with Crippen molar-refractivity contribution in [3.8, 4) is 11.5 Å². The van der Waals surface area contributed by atoms with Crippen molar-refractivity contribution in [3.05, 3.63) is 40.5 Å². The fourth-order valence-electron chi connectivity index (χ4n) is 4.57. The molecular formula is C23H26N4O3S. The average Bonchev–Trinajstić information content (AvgIpc) is 3.39. The van der Waals surface area contributed by atoms with Crippen LogP contribution in [0.5, 0.6) is 11.5 Å². The van der Waals surface area contributed by atoms with Crippen LogP contribution in [0.3, 0.4) is 0 Å². The van der Waals surface area contributed by atoms with Crippen molar-refractivity contribution in [1.29, 1.82) is 0 Å². The number of anilines is 1. The van der Waals surface area contributed by atoms with Gasteiger partial charge in [0.1, 0.15) is 29.2 Å². The minimum absolute atomic E-state index is 0.0608. The number of ether oxygens (including phenoxy) is 3. The van der Waals surface area contributed by atoms with Crippen molar-refractivity contribution in [2.45, 2.75) is 31.9 Å². The van der Waals surface area contributed by atoms with E-state index in [2.05, 4.69) is 10.2 Å². The molecule has 0 saturated carbocycles. The van der Waals surface area contributed by atoms with Crippen molar-refractivity contribution in [2.24, 2.45) is 0 Å². The third-order valence-electron chi connectivity index (χ3n) is 6.14. The Morgan fingerprint density at radius 2 is 1.97 bits per heavy atom. The van der Waals surface area contributed by atoms with Gasteiger partial charge in [0.2, 0.25) is 0 Å². The predicted octanol–water partition coefficient (Wildman–Crippen LogP) is 3.26. The summed E-state index contributed by atoms with van der Waals surface area (Å²) in [6, 6.07) is 7.83. The van der Waals surface area contributed by atoms with Crippen LogP contribution in [-0.2, 0) is 24.1 Å². The van der Waals surface area contributed by atoms with Crippen molar-refractivity contribution < 1.29 is 14.2 Å². The summed E-state index contributed by atoms with van der Waals surface area (Å²) in [5.74, 6) is 3.43. The monoisotopic (exact) mass is 438 g/mol. The quantitative estimate of drug-likeness (QED) is 0.656. The maximum atomic E-state index is 6.14. The van der Waals surface area contributed by atoms with E-state index in [0.717, 1.165) is 73.7 Å². The first-order valence-electron chi connectivity index (χ1n) is 11.1. The third-order valence-corrected chi connectivity index (χ3v) is 7.33. The molecule has 3 aliphatic rings. The molecule has 1 aliphatic carbocycles. The van der Waals surface area contributed by atoms with Crippen LogP contribution < -0.4 is 14.8 Å². The van der Waals surface area contributed by atoms with Crippen molar-refractivity contribution in [2.75, 3.05) is 44.8 Å². The first kappa shape index (κ1) is 19.3. The minimum Gasteiger partial charge on any atom is -0.486 e. The molecule has 6 rings (SSSR count). The summed E-state index contributed by atoms with van der Waals surface area (Å²) in [6.45, 7) is 5.34. The van der Waals surface area contributed by atoms with Crippen molar-refractivity contribution in [3.63, 3.8) is 0 Å². The Morgan fingerprint density at radius 1 is 1.10 bits per heavy atom. The van der Waals surface area contributed by atoms with Crippen LogP contribution in [-0.4, -0.2) is 60.4 Å². The highest BCUT2D eigenvalue weighted by Crippen LogP contribution is 2.40. The van der Waals surface area contributed by atoms with E-state index in [-0.39, 0.29) is 6.10 Å². The van der Waals surface area contributed by atoms with Crippen LogP contribution >= 0.6 is 11.3 Å². The molecule has 1 atom stereocenters. The van der Waals surface area contributed by atoms with E-state index in [1.54, 1.807) is 0 Å². The second-order valence-corrected chi connectivity index (χ2v) is 9.38. The van der Waals surface area contributed by atoms with Gasteiger partial charge in [0.25, 0.3) is 0 Å². The lowest BCUT2D eigenvalue weighted by molar-refractivity contribution is 0.0331. The van der Waals surface area contributed by atoms with E-state index < -0.39 is 0 Å². The minimum atomic E-state index is -0.0608. The molecule has 1 fully saturated rings. The lowest BCUT2D eigenvalue weighted by Crippen LogP contribution is -2.36. The summed E-state index contributed by atoms with van der Waals surface area (Å²) in [5.41, 5.74) is 1.44. The molecule has 1 N–H and O–H groups in total. The Bertz CT molecular complexity index is 1100. The highest BCUT2D eigenvalue weighted by atomic mass is 32.1. The number of hydrogen-bond acceptors (Lipinski definition) is 8. The van der Waals surface area contributed by atoms with Crippen molar-refractivity contribution >= 4 is 27.4 Å². The molecule has 1 saturated heterocycles. The first-order valence-corrected chi connectivity index (χ1v) is 11.9. The molecule has 0 radical (unpaired) electrons. The summed E-state index contributed by atoms with van der Waals surface area (Å²) < 4.78 is 17.5. The van der Waals surface area contributed by atoms with Gasteiger partial charge in [-0.15, -0.1) is 11.3 Å². The zero-order chi connectivity index (χ0) is 20.6. The predicted molar refractivity (Wildman–Crippen MR) is 120 cm³/mol. The second kappa shape index (κ2) is 8.26. The topological polar surface area (TPSA) is 68.7 Å². The summed E-state index contributed by atoms with van der Waals surface area (Å²) in [4.78, 5) is 14.9. The zero-order valence-corrected chi connectivity index (χ0v) is 18.2. The molecule has 8 heteroatoms. The molecule has 7 nitrogen and oxygen atoms in total. The van der Waals surface area contributed by atoms with E-state index in [9.17, 15) is 0 Å². The van der Waals surface area contributed by atoms with Gasteiger partial charge >= 0.3 is 0 Å². The molecule has 0 bridgehead atoms. The molecule has 2 aliphatic heterocycles. The van der Waals surface area contributed by atoms with E-state index in [4.69, 9.17) is 24.2 Å². The highest BCUT2D eigenvalue weighted by molar-refractivity contribution is 7.19. The third kappa shape index (κ3) is 3.84. The van der Waals surface area contributed by atoms with Gasteiger partial charge < -0.3 is 19.5 Å². The summed E-state index contributed by atoms with van der Waals surface area (Å²) in [5, 5.41) is 4.80. The van der Waals surface area contributed by atoms with Crippen molar-refractivity contribution in [1.82, 2.24) is 14.9 Å². The number of morpholine rings is 1. The van der Waals surface area contributed by atoms with Crippen LogP contribution in [0.25, 0.3) is 10.2 Å². The second-order valence-electron chi connectivity index (χ2n) is 8.29. The fourth-order valence-corrected chi connectivity index (χ4v) is 5.85. The Morgan fingerprint density at radius 3 is 2.87 bits per heavy atom. The van der Waals surface area contributed by atoms with Gasteiger partial charge in [-0.25, -0.2) is 9.97 Å². The summed E-state index contributed by atoms with van der Waals surface area (Å²) in [6.07, 6.45) is 3.44. The van der Waals surface area contributed by atoms with Gasteiger partial charge in [0.15, 0.2) is 11.5 Å². The lowest BCUT2D eigenvalue weighted by Gasteiger charge is -2.27. The fraction of sp³-hybridized carbons (Fsp3) is 0.478. The Balaban J connectivity index is 1.25. The van der Waals surface area contributed by atoms with Gasteiger partial charge in [-0.2, -0.15) is 0 Å². The summed E-state index contributed by atoms with van der Waals surface area (Å²) in [7, 11) is 0. The number of hydrogen-bond donors (Lipinski definition) is 1. The maximum absolute atomic E-state index is 6.14. The molecule has 3 aromatic rings. The molecule has 162 valence electrons. The molecule has 0 amide bonds. The van der Waals surface area contributed by atoms with E-state index >= 15 is 0 Å². The normalized spacial score (nSPS) is 20.7. The standard InChI is InChI=1S/C23H26N4O3S/c1-2-6-18-17(5-1)29-14-15(30-18)12-24-22-21-16-4-3-7-19(16)31-23(21)26-20(25-22)13-27-8-10-28-11-9-27/h1-2,5-6,15H,3-4,7-14H2,(H,24,25,26). The number of benzene rings is 1. The SMILES string of the molecule is c1ccc2c(c1)OCC(CNc1nc(CN3CCOCC3)nc3sc4c(c13)CCC4)O2. The smallest absolute Gasteiger partial charge is 0.161 e. The molecule has 31 heavy (non-hydrogen) atoms. The maximum Gasteiger partial charge on any atom is 0.161 e. The van der Waals surface area contributed by atoms with Crippen LogP contribution in [0.2, 0.25) is 0 Å². The molecule has 0 spiro atoms. The Kier molecular flexibility index (Phi) is 5.13. The van der Waals surface area contributed by atoms with Crippen LogP contribution in [0.4, 0.5) is 5.82 Å². The van der Waals surface area contributed by atoms with Crippen LogP contribution in [0.1, 0.15) is 22.7 Å². The zero-order valence-electron chi connectivity index (χ0n) is 17.4. The Hall–Kier alpha value is -2.42. The van der Waals surface area contributed by atoms with E-state index in [0.29, 0.717) is 13.2 Å². The number of fused-ring (bicyclic) bond motifs is 4. The van der Waals surface area contributed by atoms with E-state index in [1.807, 2.05) is 35.6 Å². The number of para-hydroxylation sites is 2. The molecule has 2 aromatic heterocycles. The molecule has 1 unspecified atom stereocenters. The number of aryl methyl sites for hydroxylation is 2. The van der Waals surface area contributed by atoms with Gasteiger partial charge in [-0.05, 0) is 37.0 Å². The van der Waals surface area contributed by atoms with Gasteiger partial charge in [0, 0.05) is 18.0 Å². The number of nitrogens with zero attached hydrogens (tertiary/aromatic N) is 3. The van der Waals surface area contributed by atoms with Crippen LogP contribution in [0, 0.1) is 0 Å². The van der Waals surface area contributed by atoms with E-state index in [1.165, 1.54) is 22.2 Å².